The van der Waals surface area contributed by atoms with Crippen LogP contribution in [0.15, 0.2) is 34.9 Å². The standard InChI is InChI=1S/C14H14BrClN2/c1-14(2,3)13-17-11(8-12(15)18-13)9-6-4-5-7-10(9)16/h4-8H,1-3H3. The molecule has 0 aliphatic heterocycles. The minimum absolute atomic E-state index is 0.0974. The van der Waals surface area contributed by atoms with Crippen molar-refractivity contribution < 1.29 is 0 Å². The fourth-order valence-electron chi connectivity index (χ4n) is 1.56. The first-order valence-corrected chi connectivity index (χ1v) is 6.85. The quantitative estimate of drug-likeness (QED) is 0.700. The maximum absolute atomic E-state index is 6.20. The summed E-state index contributed by atoms with van der Waals surface area (Å²) in [6.45, 7) is 6.27. The number of nitrogens with zero attached hydrogens (tertiary/aromatic N) is 2. The average Bonchev–Trinajstić information content (AvgIpc) is 2.27. The lowest BCUT2D eigenvalue weighted by atomic mass is 9.95. The lowest BCUT2D eigenvalue weighted by Crippen LogP contribution is -2.16. The predicted octanol–water partition coefficient (Wildman–Crippen LogP) is 4.86. The third-order valence-electron chi connectivity index (χ3n) is 2.52. The molecule has 2 aromatic rings. The van der Waals surface area contributed by atoms with Gasteiger partial charge >= 0.3 is 0 Å². The maximum atomic E-state index is 6.20. The Labute approximate surface area is 121 Å². The molecule has 2 nitrogen and oxygen atoms in total. The first-order valence-electron chi connectivity index (χ1n) is 5.68. The fraction of sp³-hybridized carbons (Fsp3) is 0.286. The number of aromatic nitrogens is 2. The molecular formula is C14H14BrClN2. The molecule has 1 aromatic heterocycles. The van der Waals surface area contributed by atoms with Gasteiger partial charge in [0.1, 0.15) is 10.4 Å². The van der Waals surface area contributed by atoms with Crippen molar-refractivity contribution in [3.05, 3.63) is 45.8 Å². The molecule has 18 heavy (non-hydrogen) atoms. The van der Waals surface area contributed by atoms with Gasteiger partial charge < -0.3 is 0 Å². The third-order valence-corrected chi connectivity index (χ3v) is 3.25. The highest BCUT2D eigenvalue weighted by Crippen LogP contribution is 2.29. The molecule has 0 unspecified atom stereocenters. The van der Waals surface area contributed by atoms with E-state index < -0.39 is 0 Å². The van der Waals surface area contributed by atoms with Gasteiger partial charge in [0, 0.05) is 16.0 Å². The van der Waals surface area contributed by atoms with Crippen LogP contribution >= 0.6 is 27.5 Å². The minimum atomic E-state index is -0.0974. The Morgan fingerprint density at radius 3 is 2.39 bits per heavy atom. The van der Waals surface area contributed by atoms with Crippen molar-refractivity contribution in [3.63, 3.8) is 0 Å². The molecule has 0 bridgehead atoms. The van der Waals surface area contributed by atoms with E-state index in [0.29, 0.717) is 5.02 Å². The molecule has 0 fully saturated rings. The second kappa shape index (κ2) is 4.98. The second-order valence-electron chi connectivity index (χ2n) is 5.13. The molecular weight excluding hydrogens is 312 g/mol. The Bertz CT molecular complexity index is 576. The molecule has 2 rings (SSSR count). The average molecular weight is 326 g/mol. The minimum Gasteiger partial charge on any atom is -0.232 e. The molecule has 0 aliphatic carbocycles. The van der Waals surface area contributed by atoms with Gasteiger partial charge in [0.05, 0.1) is 5.69 Å². The Balaban J connectivity index is 2.60. The molecule has 1 heterocycles. The van der Waals surface area contributed by atoms with E-state index in [-0.39, 0.29) is 5.41 Å². The summed E-state index contributed by atoms with van der Waals surface area (Å²) in [5.41, 5.74) is 1.67. The predicted molar refractivity (Wildman–Crippen MR) is 78.9 cm³/mol. The van der Waals surface area contributed by atoms with Crippen molar-refractivity contribution in [1.29, 1.82) is 0 Å². The highest BCUT2D eigenvalue weighted by molar-refractivity contribution is 9.10. The Morgan fingerprint density at radius 2 is 1.78 bits per heavy atom. The maximum Gasteiger partial charge on any atom is 0.135 e. The van der Waals surface area contributed by atoms with Crippen LogP contribution in [-0.2, 0) is 5.41 Å². The molecule has 4 heteroatoms. The van der Waals surface area contributed by atoms with Gasteiger partial charge in [-0.15, -0.1) is 0 Å². The lowest BCUT2D eigenvalue weighted by molar-refractivity contribution is 0.544. The summed E-state index contributed by atoms with van der Waals surface area (Å²) in [5, 5.41) is 0.697. The Morgan fingerprint density at radius 1 is 1.11 bits per heavy atom. The van der Waals surface area contributed by atoms with Gasteiger partial charge in [-0.2, -0.15) is 0 Å². The molecule has 0 N–H and O–H groups in total. The van der Waals surface area contributed by atoms with E-state index in [1.165, 1.54) is 0 Å². The van der Waals surface area contributed by atoms with Crippen LogP contribution in [0, 0.1) is 0 Å². The number of benzene rings is 1. The van der Waals surface area contributed by atoms with E-state index in [0.717, 1.165) is 21.7 Å². The van der Waals surface area contributed by atoms with Crippen molar-refractivity contribution in [1.82, 2.24) is 9.97 Å². The van der Waals surface area contributed by atoms with Crippen LogP contribution in [0.1, 0.15) is 26.6 Å². The summed E-state index contributed by atoms with van der Waals surface area (Å²) in [6, 6.07) is 9.57. The van der Waals surface area contributed by atoms with E-state index in [9.17, 15) is 0 Å². The van der Waals surface area contributed by atoms with Crippen molar-refractivity contribution in [2.75, 3.05) is 0 Å². The molecule has 0 radical (unpaired) electrons. The Kier molecular flexibility index (Phi) is 3.74. The molecule has 0 aliphatic rings. The van der Waals surface area contributed by atoms with Crippen LogP contribution in [0.4, 0.5) is 0 Å². The van der Waals surface area contributed by atoms with E-state index >= 15 is 0 Å². The fourth-order valence-corrected chi connectivity index (χ4v) is 2.18. The SMILES string of the molecule is CC(C)(C)c1nc(Br)cc(-c2ccccc2Cl)n1. The molecule has 0 amide bonds. The number of hydrogen-bond acceptors (Lipinski definition) is 2. The largest absolute Gasteiger partial charge is 0.232 e. The second-order valence-corrected chi connectivity index (χ2v) is 6.35. The third kappa shape index (κ3) is 2.90. The van der Waals surface area contributed by atoms with Gasteiger partial charge in [-0.1, -0.05) is 50.6 Å². The first-order chi connectivity index (χ1) is 8.38. The molecule has 1 aromatic carbocycles. The molecule has 0 spiro atoms. The van der Waals surface area contributed by atoms with Gasteiger partial charge in [-0.05, 0) is 28.1 Å². The molecule has 94 valence electrons. The van der Waals surface area contributed by atoms with E-state index in [1.54, 1.807) is 0 Å². The number of halogens is 2. The van der Waals surface area contributed by atoms with E-state index in [4.69, 9.17) is 11.6 Å². The van der Waals surface area contributed by atoms with Crippen molar-refractivity contribution in [2.24, 2.45) is 0 Å². The zero-order valence-corrected chi connectivity index (χ0v) is 12.9. The molecule has 0 saturated heterocycles. The Hall–Kier alpha value is -0.930. The summed E-state index contributed by atoms with van der Waals surface area (Å²) >= 11 is 9.64. The number of rotatable bonds is 1. The normalized spacial score (nSPS) is 11.6. The van der Waals surface area contributed by atoms with Crippen molar-refractivity contribution >= 4 is 27.5 Å². The van der Waals surface area contributed by atoms with Crippen LogP contribution in [0.2, 0.25) is 5.02 Å². The van der Waals surface area contributed by atoms with Gasteiger partial charge in [-0.3, -0.25) is 0 Å². The van der Waals surface area contributed by atoms with Crippen molar-refractivity contribution in [2.45, 2.75) is 26.2 Å². The topological polar surface area (TPSA) is 25.8 Å². The summed E-state index contributed by atoms with van der Waals surface area (Å²) in [7, 11) is 0. The van der Waals surface area contributed by atoms with E-state index in [2.05, 4.69) is 46.7 Å². The van der Waals surface area contributed by atoms with Gasteiger partial charge in [-0.25, -0.2) is 9.97 Å². The van der Waals surface area contributed by atoms with Crippen LogP contribution in [0.5, 0.6) is 0 Å². The summed E-state index contributed by atoms with van der Waals surface area (Å²) in [4.78, 5) is 9.03. The monoisotopic (exact) mass is 324 g/mol. The van der Waals surface area contributed by atoms with Gasteiger partial charge in [0.2, 0.25) is 0 Å². The highest BCUT2D eigenvalue weighted by Gasteiger charge is 2.19. The molecule has 0 atom stereocenters. The first kappa shape index (κ1) is 13.5. The van der Waals surface area contributed by atoms with Crippen LogP contribution < -0.4 is 0 Å². The van der Waals surface area contributed by atoms with Gasteiger partial charge in [0.15, 0.2) is 0 Å². The molecule has 0 saturated carbocycles. The van der Waals surface area contributed by atoms with Crippen LogP contribution in [0.3, 0.4) is 0 Å². The zero-order valence-electron chi connectivity index (χ0n) is 10.5. The van der Waals surface area contributed by atoms with E-state index in [1.807, 2.05) is 30.3 Å². The lowest BCUT2D eigenvalue weighted by Gasteiger charge is -2.17. The summed E-state index contributed by atoms with van der Waals surface area (Å²) in [6.07, 6.45) is 0. The zero-order chi connectivity index (χ0) is 13.3. The van der Waals surface area contributed by atoms with Crippen LogP contribution in [-0.4, -0.2) is 9.97 Å². The summed E-state index contributed by atoms with van der Waals surface area (Å²) in [5.74, 6) is 0.798. The van der Waals surface area contributed by atoms with Crippen molar-refractivity contribution in [3.8, 4) is 11.3 Å². The smallest absolute Gasteiger partial charge is 0.135 e. The van der Waals surface area contributed by atoms with Crippen LogP contribution in [0.25, 0.3) is 11.3 Å². The summed E-state index contributed by atoms with van der Waals surface area (Å²) < 4.78 is 0.775. The highest BCUT2D eigenvalue weighted by atomic mass is 79.9. The van der Waals surface area contributed by atoms with Gasteiger partial charge in [0.25, 0.3) is 0 Å². The number of hydrogen-bond donors (Lipinski definition) is 0.